The molecular weight excluding hydrogens is 224 g/mol. The van der Waals surface area contributed by atoms with Gasteiger partial charge in [-0.15, -0.1) is 6.58 Å². The zero-order chi connectivity index (χ0) is 14.1. The van der Waals surface area contributed by atoms with Crippen molar-refractivity contribution in [3.63, 3.8) is 0 Å². The van der Waals surface area contributed by atoms with Gasteiger partial charge in [0.15, 0.2) is 5.78 Å². The van der Waals surface area contributed by atoms with Gasteiger partial charge in [0.25, 0.3) is 0 Å². The molecule has 0 aliphatic rings. The molecule has 0 N–H and O–H groups in total. The number of methoxy groups -OCH3 is 1. The van der Waals surface area contributed by atoms with Crippen molar-refractivity contribution in [1.82, 2.24) is 0 Å². The molecule has 102 valence electrons. The highest BCUT2D eigenvalue weighted by Gasteiger charge is 2.25. The van der Waals surface area contributed by atoms with Crippen LogP contribution in [0.1, 0.15) is 33.6 Å². The summed E-state index contributed by atoms with van der Waals surface area (Å²) >= 11 is 0. The van der Waals surface area contributed by atoms with E-state index in [2.05, 4.69) is 33.1 Å². The fourth-order valence-corrected chi connectivity index (χ4v) is 1.91. The monoisotopic (exact) mass is 250 g/mol. The van der Waals surface area contributed by atoms with Crippen molar-refractivity contribution in [1.29, 1.82) is 0 Å². The molecular formula is C16H26O2. The van der Waals surface area contributed by atoms with E-state index < -0.39 is 0 Å². The molecule has 18 heavy (non-hydrogen) atoms. The maximum atomic E-state index is 11.9. The van der Waals surface area contributed by atoms with Gasteiger partial charge in [-0.3, -0.25) is 4.79 Å². The second-order valence-electron chi connectivity index (χ2n) is 4.94. The molecule has 2 heteroatoms. The van der Waals surface area contributed by atoms with Gasteiger partial charge in [-0.2, -0.15) is 0 Å². The van der Waals surface area contributed by atoms with E-state index in [1.54, 1.807) is 13.2 Å². The second-order valence-corrected chi connectivity index (χ2v) is 4.94. The average Bonchev–Trinajstić information content (AvgIpc) is 2.34. The van der Waals surface area contributed by atoms with Gasteiger partial charge in [-0.25, -0.2) is 0 Å². The number of ketones is 1. The van der Waals surface area contributed by atoms with Crippen LogP contribution in [0.25, 0.3) is 0 Å². The van der Waals surface area contributed by atoms with E-state index in [-0.39, 0.29) is 17.8 Å². The number of allylic oxidation sites excluding steroid dienone is 2. The molecule has 2 nitrogen and oxygen atoms in total. The van der Waals surface area contributed by atoms with E-state index in [1.165, 1.54) is 6.08 Å². The molecule has 0 rings (SSSR count). The summed E-state index contributed by atoms with van der Waals surface area (Å²) in [5, 5.41) is 0. The Morgan fingerprint density at radius 3 is 2.33 bits per heavy atom. The maximum absolute atomic E-state index is 11.9. The van der Waals surface area contributed by atoms with Crippen molar-refractivity contribution in [2.45, 2.75) is 39.7 Å². The first-order chi connectivity index (χ1) is 8.47. The predicted octanol–water partition coefficient (Wildman–Crippen LogP) is 3.94. The molecule has 0 radical (unpaired) electrons. The summed E-state index contributed by atoms with van der Waals surface area (Å²) in [6.45, 7) is 13.6. The molecule has 0 bridgehead atoms. The van der Waals surface area contributed by atoms with Gasteiger partial charge in [0.05, 0.1) is 12.0 Å². The van der Waals surface area contributed by atoms with Crippen LogP contribution in [0.2, 0.25) is 0 Å². The van der Waals surface area contributed by atoms with Crippen molar-refractivity contribution < 1.29 is 9.53 Å². The van der Waals surface area contributed by atoms with Gasteiger partial charge < -0.3 is 4.74 Å². The molecule has 0 aliphatic carbocycles. The lowest BCUT2D eigenvalue weighted by Crippen LogP contribution is -2.28. The molecule has 0 amide bonds. The molecule has 0 aliphatic heterocycles. The van der Waals surface area contributed by atoms with Gasteiger partial charge in [-0.1, -0.05) is 38.2 Å². The minimum Gasteiger partial charge on any atom is -0.376 e. The van der Waals surface area contributed by atoms with Gasteiger partial charge in [-0.05, 0) is 31.8 Å². The van der Waals surface area contributed by atoms with Crippen LogP contribution in [0.5, 0.6) is 0 Å². The smallest absolute Gasteiger partial charge is 0.165 e. The summed E-state index contributed by atoms with van der Waals surface area (Å²) < 4.78 is 5.31. The molecule has 0 unspecified atom stereocenters. The number of hydrogen-bond donors (Lipinski definition) is 0. The molecule has 2 atom stereocenters. The molecule has 0 saturated heterocycles. The Hall–Kier alpha value is -1.15. The molecule has 0 aromatic carbocycles. The number of carbonyl (C=O) groups excluding carboxylic acids is 1. The zero-order valence-corrected chi connectivity index (χ0v) is 12.1. The highest BCUT2D eigenvalue weighted by Crippen LogP contribution is 2.21. The van der Waals surface area contributed by atoms with E-state index in [0.717, 1.165) is 18.4 Å². The summed E-state index contributed by atoms with van der Waals surface area (Å²) in [7, 11) is 1.59. The van der Waals surface area contributed by atoms with Crippen molar-refractivity contribution in [2.75, 3.05) is 7.11 Å². The normalized spacial score (nSPS) is 15.3. The summed E-state index contributed by atoms with van der Waals surface area (Å²) in [5.41, 5.74) is 1.03. The standard InChI is InChI=1S/C16H26O2/c1-7-14(17)16(15(8-2)18-6)13(5)11-9-10-12(3)4/h7-8,11-12,15-16H,1-2,9-10H2,3-6H3/b13-11+/t15-,16-/m1/s1. The molecule has 0 fully saturated rings. The SMILES string of the molecule is C=CC(=O)[C@@H](/C(C)=C/CCC(C)C)[C@@H](C=C)OC. The van der Waals surface area contributed by atoms with E-state index in [1.807, 2.05) is 6.92 Å². The van der Waals surface area contributed by atoms with Gasteiger partial charge >= 0.3 is 0 Å². The third kappa shape index (κ3) is 5.46. The van der Waals surface area contributed by atoms with E-state index in [0.29, 0.717) is 5.92 Å². The van der Waals surface area contributed by atoms with E-state index in [4.69, 9.17) is 4.74 Å². The largest absolute Gasteiger partial charge is 0.376 e. The van der Waals surface area contributed by atoms with Gasteiger partial charge in [0.2, 0.25) is 0 Å². The Labute approximate surface area is 111 Å². The van der Waals surface area contributed by atoms with Crippen molar-refractivity contribution in [2.24, 2.45) is 11.8 Å². The predicted molar refractivity (Wildman–Crippen MR) is 77.5 cm³/mol. The molecule has 0 saturated carbocycles. The molecule has 0 aromatic rings. The van der Waals surface area contributed by atoms with Crippen LogP contribution in [0.4, 0.5) is 0 Å². The summed E-state index contributed by atoms with van der Waals surface area (Å²) in [5.74, 6) is 0.359. The second kappa shape index (κ2) is 8.87. The number of rotatable bonds is 9. The minimum atomic E-state index is -0.294. The fraction of sp³-hybridized carbons (Fsp3) is 0.562. The summed E-state index contributed by atoms with van der Waals surface area (Å²) in [6, 6.07) is 0. The van der Waals surface area contributed by atoms with Crippen molar-refractivity contribution >= 4 is 5.78 Å². The van der Waals surface area contributed by atoms with Crippen LogP contribution in [0.15, 0.2) is 37.0 Å². The van der Waals surface area contributed by atoms with E-state index in [9.17, 15) is 4.79 Å². The van der Waals surface area contributed by atoms with Crippen LogP contribution in [0.3, 0.4) is 0 Å². The Kier molecular flexibility index (Phi) is 8.30. The third-order valence-electron chi connectivity index (χ3n) is 3.04. The fourth-order valence-electron chi connectivity index (χ4n) is 1.91. The zero-order valence-electron chi connectivity index (χ0n) is 12.1. The van der Waals surface area contributed by atoms with Crippen LogP contribution < -0.4 is 0 Å². The topological polar surface area (TPSA) is 26.3 Å². The quantitative estimate of drug-likeness (QED) is 0.457. The van der Waals surface area contributed by atoms with Crippen LogP contribution >= 0.6 is 0 Å². The lowest BCUT2D eigenvalue weighted by atomic mass is 9.88. The Bertz CT molecular complexity index is 313. The van der Waals surface area contributed by atoms with Gasteiger partial charge in [0.1, 0.15) is 0 Å². The number of hydrogen-bond acceptors (Lipinski definition) is 2. The Morgan fingerprint density at radius 1 is 1.33 bits per heavy atom. The summed E-state index contributed by atoms with van der Waals surface area (Å²) in [4.78, 5) is 11.9. The first-order valence-electron chi connectivity index (χ1n) is 6.46. The van der Waals surface area contributed by atoms with Crippen LogP contribution in [0, 0.1) is 11.8 Å². The Balaban J connectivity index is 4.89. The third-order valence-corrected chi connectivity index (χ3v) is 3.04. The number of carbonyl (C=O) groups is 1. The molecule has 0 heterocycles. The minimum absolute atomic E-state index is 0.0138. The molecule has 0 aromatic heterocycles. The van der Waals surface area contributed by atoms with Crippen LogP contribution in [-0.2, 0) is 9.53 Å². The highest BCUT2D eigenvalue weighted by atomic mass is 16.5. The van der Waals surface area contributed by atoms with Gasteiger partial charge in [0, 0.05) is 7.11 Å². The van der Waals surface area contributed by atoms with Crippen molar-refractivity contribution in [3.05, 3.63) is 37.0 Å². The Morgan fingerprint density at radius 2 is 1.94 bits per heavy atom. The number of ether oxygens (including phenoxy) is 1. The molecule has 0 spiro atoms. The maximum Gasteiger partial charge on any atom is 0.165 e. The highest BCUT2D eigenvalue weighted by molar-refractivity contribution is 5.93. The average molecular weight is 250 g/mol. The van der Waals surface area contributed by atoms with Crippen LogP contribution in [-0.4, -0.2) is 19.0 Å². The first-order valence-corrected chi connectivity index (χ1v) is 6.46. The lowest BCUT2D eigenvalue weighted by molar-refractivity contribution is -0.119. The first kappa shape index (κ1) is 16.9. The van der Waals surface area contributed by atoms with Crippen molar-refractivity contribution in [3.8, 4) is 0 Å². The summed E-state index contributed by atoms with van der Waals surface area (Å²) in [6.07, 6.45) is 6.98. The van der Waals surface area contributed by atoms with E-state index >= 15 is 0 Å². The lowest BCUT2D eigenvalue weighted by Gasteiger charge is -2.22.